The third kappa shape index (κ3) is 3.12. The number of allylic oxidation sites excluding steroid dienone is 2. The molecule has 27 heavy (non-hydrogen) atoms. The van der Waals surface area contributed by atoms with Crippen molar-refractivity contribution in [2.24, 2.45) is 11.8 Å². The molecule has 0 spiro atoms. The summed E-state index contributed by atoms with van der Waals surface area (Å²) in [6, 6.07) is 6.03. The lowest BCUT2D eigenvalue weighted by Crippen LogP contribution is -3.12. The Balaban J connectivity index is 1.56. The van der Waals surface area contributed by atoms with Gasteiger partial charge >= 0.3 is 0 Å². The molecule has 4 rings (SSSR count). The predicted octanol–water partition coefficient (Wildman–Crippen LogP) is 1.33. The maximum Gasteiger partial charge on any atom is 0.237 e. The van der Waals surface area contributed by atoms with Crippen LogP contribution in [0, 0.1) is 11.8 Å². The normalized spacial score (nSPS) is 29.9. The van der Waals surface area contributed by atoms with Crippen molar-refractivity contribution in [3.8, 4) is 11.5 Å². The number of imide groups is 1. The molecule has 0 aromatic heterocycles. The molecule has 2 aliphatic heterocycles. The van der Waals surface area contributed by atoms with Gasteiger partial charge in [0.25, 0.3) is 0 Å². The number of amides is 2. The fraction of sp³-hybridized carbons (Fsp3) is 0.524. The third-order valence-electron chi connectivity index (χ3n) is 6.26. The van der Waals surface area contributed by atoms with Crippen molar-refractivity contribution >= 4 is 11.8 Å². The van der Waals surface area contributed by atoms with E-state index in [0.29, 0.717) is 19.5 Å². The molecule has 1 aliphatic carbocycles. The standard InChI is InChI=1S/C21H26N2O4/c1-26-14-9-10-19(27-2)17(12-14)18-8-5-11-22(18)13-23-20(24)15-6-3-4-7-16(15)21(23)25/h3-4,9-10,12,15-16,18H,5-8,11,13H2,1-2H3/p+1/t15-,16+,18-/m1/s1. The van der Waals surface area contributed by atoms with Crippen LogP contribution < -0.4 is 14.4 Å². The van der Waals surface area contributed by atoms with Crippen LogP contribution in [0.5, 0.6) is 11.5 Å². The molecule has 6 heteroatoms. The van der Waals surface area contributed by atoms with E-state index in [0.717, 1.165) is 36.4 Å². The molecule has 0 bridgehead atoms. The number of carbonyl (C=O) groups is 2. The van der Waals surface area contributed by atoms with Crippen LogP contribution in [0.25, 0.3) is 0 Å². The Morgan fingerprint density at radius 2 is 1.78 bits per heavy atom. The van der Waals surface area contributed by atoms with Crippen molar-refractivity contribution in [3.63, 3.8) is 0 Å². The fourth-order valence-corrected chi connectivity index (χ4v) is 4.82. The molecule has 2 amide bonds. The fourth-order valence-electron chi connectivity index (χ4n) is 4.82. The molecule has 3 aliphatic rings. The number of quaternary nitrogens is 1. The number of nitrogens with zero attached hydrogens (tertiary/aromatic N) is 1. The topological polar surface area (TPSA) is 60.3 Å². The van der Waals surface area contributed by atoms with Gasteiger partial charge in [0, 0.05) is 12.8 Å². The minimum Gasteiger partial charge on any atom is -0.497 e. The highest BCUT2D eigenvalue weighted by Crippen LogP contribution is 2.35. The summed E-state index contributed by atoms with van der Waals surface area (Å²) in [5.41, 5.74) is 1.09. The number of methoxy groups -OCH3 is 2. The van der Waals surface area contributed by atoms with Gasteiger partial charge in [-0.1, -0.05) is 12.2 Å². The monoisotopic (exact) mass is 371 g/mol. The second-order valence-electron chi connectivity index (χ2n) is 7.63. The first-order chi connectivity index (χ1) is 13.1. The van der Waals surface area contributed by atoms with Gasteiger partial charge in [0.2, 0.25) is 11.8 Å². The van der Waals surface area contributed by atoms with Crippen LogP contribution in [-0.2, 0) is 9.59 Å². The number of nitrogens with one attached hydrogen (secondary N) is 1. The molecular formula is C21H27N2O4+. The molecule has 6 nitrogen and oxygen atoms in total. The summed E-state index contributed by atoms with van der Waals surface area (Å²) in [6.07, 6.45) is 7.50. The first-order valence-corrected chi connectivity index (χ1v) is 9.70. The smallest absolute Gasteiger partial charge is 0.237 e. The summed E-state index contributed by atoms with van der Waals surface area (Å²) in [6.45, 7) is 1.38. The van der Waals surface area contributed by atoms with E-state index in [-0.39, 0.29) is 29.7 Å². The summed E-state index contributed by atoms with van der Waals surface area (Å²) in [5.74, 6) is 1.32. The Labute approximate surface area is 159 Å². The number of benzene rings is 1. The highest BCUT2D eigenvalue weighted by molar-refractivity contribution is 6.05. The van der Waals surface area contributed by atoms with Crippen LogP contribution in [0.3, 0.4) is 0 Å². The lowest BCUT2D eigenvalue weighted by Gasteiger charge is -2.27. The number of carbonyl (C=O) groups excluding carboxylic acids is 2. The predicted molar refractivity (Wildman–Crippen MR) is 99.4 cm³/mol. The van der Waals surface area contributed by atoms with Gasteiger partial charge in [-0.25, -0.2) is 4.90 Å². The quantitative estimate of drug-likeness (QED) is 0.627. The van der Waals surface area contributed by atoms with Crippen molar-refractivity contribution in [1.82, 2.24) is 4.90 Å². The van der Waals surface area contributed by atoms with Crippen molar-refractivity contribution in [2.45, 2.75) is 31.7 Å². The lowest BCUT2D eigenvalue weighted by molar-refractivity contribution is -0.925. The van der Waals surface area contributed by atoms with Crippen molar-refractivity contribution in [3.05, 3.63) is 35.9 Å². The van der Waals surface area contributed by atoms with E-state index in [1.165, 1.54) is 9.80 Å². The number of fused-ring (bicyclic) bond motifs is 1. The molecule has 1 unspecified atom stereocenters. The average Bonchev–Trinajstić information content (AvgIpc) is 3.26. The van der Waals surface area contributed by atoms with Gasteiger partial charge in [0.15, 0.2) is 6.67 Å². The van der Waals surface area contributed by atoms with Gasteiger partial charge in [0.1, 0.15) is 17.5 Å². The van der Waals surface area contributed by atoms with E-state index in [2.05, 4.69) is 0 Å². The van der Waals surface area contributed by atoms with E-state index in [1.807, 2.05) is 30.4 Å². The summed E-state index contributed by atoms with van der Waals surface area (Å²) >= 11 is 0. The van der Waals surface area contributed by atoms with Gasteiger partial charge in [-0.2, -0.15) is 0 Å². The first-order valence-electron chi connectivity index (χ1n) is 9.70. The Kier molecular flexibility index (Phi) is 4.91. The summed E-state index contributed by atoms with van der Waals surface area (Å²) in [4.78, 5) is 28.4. The van der Waals surface area contributed by atoms with Gasteiger partial charge in [0.05, 0.1) is 38.2 Å². The molecule has 0 radical (unpaired) electrons. The number of hydrogen-bond donors (Lipinski definition) is 1. The number of ether oxygens (including phenoxy) is 2. The molecule has 1 aromatic rings. The molecule has 2 fully saturated rings. The van der Waals surface area contributed by atoms with Gasteiger partial charge in [-0.15, -0.1) is 0 Å². The second kappa shape index (κ2) is 7.35. The summed E-state index contributed by atoms with van der Waals surface area (Å²) in [5, 5.41) is 0. The van der Waals surface area contributed by atoms with Gasteiger partial charge in [-0.05, 0) is 31.0 Å². The largest absolute Gasteiger partial charge is 0.497 e. The lowest BCUT2D eigenvalue weighted by atomic mass is 9.85. The zero-order valence-electron chi connectivity index (χ0n) is 15.9. The minimum atomic E-state index is -0.158. The molecule has 1 N–H and O–H groups in total. The second-order valence-corrected chi connectivity index (χ2v) is 7.63. The molecule has 4 atom stereocenters. The van der Waals surface area contributed by atoms with E-state index in [4.69, 9.17) is 9.47 Å². The molecule has 0 saturated carbocycles. The SMILES string of the molecule is COc1ccc(OC)c([C@H]2CCC[NH+]2CN2C(=O)[C@H]3CC=CC[C@H]3C2=O)c1. The highest BCUT2D eigenvalue weighted by Gasteiger charge is 2.49. The van der Waals surface area contributed by atoms with Crippen LogP contribution in [0.4, 0.5) is 0 Å². The van der Waals surface area contributed by atoms with E-state index in [9.17, 15) is 9.59 Å². The van der Waals surface area contributed by atoms with Crippen LogP contribution in [-0.4, -0.2) is 44.1 Å². The molecule has 2 heterocycles. The zero-order chi connectivity index (χ0) is 19.0. The van der Waals surface area contributed by atoms with E-state index < -0.39 is 0 Å². The van der Waals surface area contributed by atoms with Crippen LogP contribution in [0.2, 0.25) is 0 Å². The third-order valence-corrected chi connectivity index (χ3v) is 6.26. The minimum absolute atomic E-state index is 0.00473. The van der Waals surface area contributed by atoms with Gasteiger partial charge in [-0.3, -0.25) is 9.59 Å². The number of likely N-dealkylation sites (tertiary alicyclic amines) is 2. The van der Waals surface area contributed by atoms with Crippen molar-refractivity contribution < 1.29 is 24.0 Å². The first kappa shape index (κ1) is 18.0. The Morgan fingerprint density at radius 3 is 2.41 bits per heavy atom. The highest BCUT2D eigenvalue weighted by atomic mass is 16.5. The molecule has 2 saturated heterocycles. The summed E-state index contributed by atoms with van der Waals surface area (Å²) < 4.78 is 11.0. The van der Waals surface area contributed by atoms with Crippen LogP contribution in [0.1, 0.15) is 37.3 Å². The zero-order valence-corrected chi connectivity index (χ0v) is 15.9. The molecule has 144 valence electrons. The van der Waals surface area contributed by atoms with Crippen molar-refractivity contribution in [1.29, 1.82) is 0 Å². The average molecular weight is 371 g/mol. The Morgan fingerprint density at radius 1 is 1.07 bits per heavy atom. The number of rotatable bonds is 5. The van der Waals surface area contributed by atoms with Crippen molar-refractivity contribution in [2.75, 3.05) is 27.4 Å². The maximum absolute atomic E-state index is 12.8. The van der Waals surface area contributed by atoms with E-state index >= 15 is 0 Å². The Hall–Kier alpha value is -2.34. The maximum atomic E-state index is 12.8. The number of hydrogen-bond acceptors (Lipinski definition) is 4. The Bertz CT molecular complexity index is 749. The molecule has 1 aromatic carbocycles. The van der Waals surface area contributed by atoms with Crippen LogP contribution in [0.15, 0.2) is 30.4 Å². The molecular weight excluding hydrogens is 344 g/mol. The van der Waals surface area contributed by atoms with Gasteiger partial charge < -0.3 is 14.4 Å². The van der Waals surface area contributed by atoms with Crippen LogP contribution >= 0.6 is 0 Å². The van der Waals surface area contributed by atoms with E-state index in [1.54, 1.807) is 14.2 Å². The summed E-state index contributed by atoms with van der Waals surface area (Å²) in [7, 11) is 3.33.